The molecule has 3 N–H and O–H groups in total. The lowest BCUT2D eigenvalue weighted by Gasteiger charge is -2.35. The number of halogens is 3. The SMILES string of the molecule is CCOC(=O)[C@@](NC(C)=O)(Nc1ccc(S(=O)(=O)Nc2cc(C)nc(C)n2)cc1)C(F)(F)F. The highest BCUT2D eigenvalue weighted by Gasteiger charge is 2.63. The van der Waals surface area contributed by atoms with Crippen molar-refractivity contribution in [3.05, 3.63) is 41.9 Å². The molecular weight excluding hydrogens is 467 g/mol. The summed E-state index contributed by atoms with van der Waals surface area (Å²) in [6.45, 7) is 4.97. The Morgan fingerprint density at radius 2 is 1.70 bits per heavy atom. The lowest BCUT2D eigenvalue weighted by molar-refractivity contribution is -0.207. The number of amides is 1. The summed E-state index contributed by atoms with van der Waals surface area (Å²) in [6.07, 6.45) is -5.29. The van der Waals surface area contributed by atoms with Crippen LogP contribution in [0.1, 0.15) is 25.4 Å². The molecule has 180 valence electrons. The number of nitrogens with zero attached hydrogens (tertiary/aromatic N) is 2. The highest BCUT2D eigenvalue weighted by atomic mass is 32.2. The first kappa shape index (κ1) is 25.8. The molecule has 1 aromatic heterocycles. The molecule has 2 rings (SSSR count). The molecule has 0 fully saturated rings. The second-order valence-electron chi connectivity index (χ2n) is 6.85. The standard InChI is InChI=1S/C19H22F3N5O5S/c1-5-32-17(29)18(19(20,21)22,25-13(4)28)26-14-6-8-15(9-7-14)33(30,31)27-16-10-11(2)23-12(3)24-16/h6-10,26H,5H2,1-4H3,(H,25,28)(H,23,24,27)/t18-/m1/s1. The molecule has 1 aromatic carbocycles. The van der Waals surface area contributed by atoms with Crippen LogP contribution in [0, 0.1) is 13.8 Å². The van der Waals surface area contributed by atoms with E-state index in [1.54, 1.807) is 19.2 Å². The Hall–Kier alpha value is -3.42. The third-order valence-corrected chi connectivity index (χ3v) is 5.44. The third kappa shape index (κ3) is 6.09. The Morgan fingerprint density at radius 3 is 2.18 bits per heavy atom. The smallest absolute Gasteiger partial charge is 0.441 e. The topological polar surface area (TPSA) is 139 Å². The monoisotopic (exact) mass is 489 g/mol. The van der Waals surface area contributed by atoms with Crippen LogP contribution in [0.25, 0.3) is 0 Å². The van der Waals surface area contributed by atoms with Gasteiger partial charge in [0.15, 0.2) is 0 Å². The van der Waals surface area contributed by atoms with Gasteiger partial charge in [0.1, 0.15) is 11.6 Å². The number of carbonyl (C=O) groups excluding carboxylic acids is 2. The lowest BCUT2D eigenvalue weighted by atomic mass is 10.1. The Balaban J connectivity index is 2.38. The second-order valence-corrected chi connectivity index (χ2v) is 8.53. The van der Waals surface area contributed by atoms with Crippen LogP contribution in [0.3, 0.4) is 0 Å². The van der Waals surface area contributed by atoms with Crippen LogP contribution in [-0.2, 0) is 24.3 Å². The Bertz CT molecular complexity index is 1120. The van der Waals surface area contributed by atoms with E-state index in [1.165, 1.54) is 13.0 Å². The number of esters is 1. The quantitative estimate of drug-likeness (QED) is 0.379. The van der Waals surface area contributed by atoms with Gasteiger partial charge >= 0.3 is 17.8 Å². The largest absolute Gasteiger partial charge is 0.463 e. The molecular formula is C19H22F3N5O5S. The Labute approximate surface area is 188 Å². The summed E-state index contributed by atoms with van der Waals surface area (Å²) in [6, 6.07) is 5.46. The predicted molar refractivity (Wildman–Crippen MR) is 112 cm³/mol. The fraction of sp³-hybridized carbons (Fsp3) is 0.368. The average molecular weight is 489 g/mol. The number of aryl methyl sites for hydroxylation is 2. The molecule has 1 amide bonds. The third-order valence-electron chi connectivity index (χ3n) is 4.07. The molecule has 0 aliphatic rings. The van der Waals surface area contributed by atoms with Gasteiger partial charge in [-0.1, -0.05) is 0 Å². The van der Waals surface area contributed by atoms with Gasteiger partial charge in [0, 0.05) is 24.4 Å². The van der Waals surface area contributed by atoms with Gasteiger partial charge in [-0.3, -0.25) is 9.52 Å². The number of aromatic nitrogens is 2. The van der Waals surface area contributed by atoms with Crippen molar-refractivity contribution in [2.45, 2.75) is 44.4 Å². The van der Waals surface area contributed by atoms with E-state index in [-0.39, 0.29) is 23.0 Å². The van der Waals surface area contributed by atoms with Crippen molar-refractivity contribution in [2.75, 3.05) is 16.6 Å². The molecule has 1 heterocycles. The summed E-state index contributed by atoms with van der Waals surface area (Å²) in [5.74, 6) is -2.56. The van der Waals surface area contributed by atoms with Crippen molar-refractivity contribution in [3.63, 3.8) is 0 Å². The molecule has 0 spiro atoms. The number of carbonyl (C=O) groups is 2. The highest BCUT2D eigenvalue weighted by Crippen LogP contribution is 2.33. The highest BCUT2D eigenvalue weighted by molar-refractivity contribution is 7.92. The van der Waals surface area contributed by atoms with Gasteiger partial charge in [-0.15, -0.1) is 0 Å². The summed E-state index contributed by atoms with van der Waals surface area (Å²) < 4.78 is 73.6. The first-order chi connectivity index (χ1) is 15.2. The van der Waals surface area contributed by atoms with Crippen LogP contribution in [0.2, 0.25) is 0 Å². The maximum Gasteiger partial charge on any atom is 0.441 e. The van der Waals surface area contributed by atoms with Crippen LogP contribution in [0.4, 0.5) is 24.7 Å². The number of ether oxygens (including phenoxy) is 1. The average Bonchev–Trinajstić information content (AvgIpc) is 2.65. The molecule has 1 atom stereocenters. The summed E-state index contributed by atoms with van der Waals surface area (Å²) in [5, 5.41) is 3.48. The summed E-state index contributed by atoms with van der Waals surface area (Å²) in [4.78, 5) is 31.4. The van der Waals surface area contributed by atoms with E-state index in [4.69, 9.17) is 0 Å². The summed E-state index contributed by atoms with van der Waals surface area (Å²) >= 11 is 0. The number of alkyl halides is 3. The van der Waals surface area contributed by atoms with Crippen molar-refractivity contribution in [2.24, 2.45) is 0 Å². The van der Waals surface area contributed by atoms with E-state index < -0.39 is 33.7 Å². The van der Waals surface area contributed by atoms with Crippen molar-refractivity contribution >= 4 is 33.4 Å². The maximum atomic E-state index is 13.9. The minimum absolute atomic E-state index is 0.0197. The number of hydrogen-bond acceptors (Lipinski definition) is 8. The van der Waals surface area contributed by atoms with Crippen molar-refractivity contribution in [3.8, 4) is 0 Å². The summed E-state index contributed by atoms with van der Waals surface area (Å²) in [7, 11) is -4.13. The first-order valence-electron chi connectivity index (χ1n) is 9.46. The molecule has 2 aromatic rings. The van der Waals surface area contributed by atoms with Gasteiger partial charge in [-0.25, -0.2) is 23.2 Å². The molecule has 0 aliphatic carbocycles. The van der Waals surface area contributed by atoms with Crippen LogP contribution < -0.4 is 15.4 Å². The van der Waals surface area contributed by atoms with E-state index in [0.29, 0.717) is 11.5 Å². The van der Waals surface area contributed by atoms with E-state index in [0.717, 1.165) is 31.2 Å². The molecule has 0 bridgehead atoms. The first-order valence-corrected chi connectivity index (χ1v) is 10.9. The molecule has 33 heavy (non-hydrogen) atoms. The minimum atomic E-state index is -5.29. The summed E-state index contributed by atoms with van der Waals surface area (Å²) in [5.41, 5.74) is -3.36. The van der Waals surface area contributed by atoms with E-state index in [1.807, 2.05) is 5.32 Å². The molecule has 0 unspecified atom stereocenters. The maximum absolute atomic E-state index is 13.9. The van der Waals surface area contributed by atoms with E-state index in [9.17, 15) is 31.2 Å². The van der Waals surface area contributed by atoms with Gasteiger partial charge in [-0.05, 0) is 45.0 Å². The Kier molecular flexibility index (Phi) is 7.52. The van der Waals surface area contributed by atoms with Crippen molar-refractivity contribution < 1.29 is 35.9 Å². The van der Waals surface area contributed by atoms with Crippen molar-refractivity contribution in [1.29, 1.82) is 0 Å². The molecule has 0 saturated heterocycles. The predicted octanol–water partition coefficient (Wildman–Crippen LogP) is 2.26. The Morgan fingerprint density at radius 1 is 1.09 bits per heavy atom. The van der Waals surface area contributed by atoms with Crippen molar-refractivity contribution in [1.82, 2.24) is 15.3 Å². The molecule has 10 nitrogen and oxygen atoms in total. The van der Waals surface area contributed by atoms with E-state index in [2.05, 4.69) is 19.4 Å². The van der Waals surface area contributed by atoms with Gasteiger partial charge in [0.25, 0.3) is 10.0 Å². The molecule has 14 heteroatoms. The van der Waals surface area contributed by atoms with Gasteiger partial charge < -0.3 is 15.4 Å². The number of hydrogen-bond donors (Lipinski definition) is 3. The van der Waals surface area contributed by atoms with Gasteiger partial charge in [-0.2, -0.15) is 13.2 Å². The zero-order valence-corrected chi connectivity index (χ0v) is 18.9. The normalized spacial score (nSPS) is 13.5. The molecule has 0 aliphatic heterocycles. The minimum Gasteiger partial charge on any atom is -0.463 e. The van der Waals surface area contributed by atoms with Gasteiger partial charge in [0.2, 0.25) is 5.91 Å². The number of rotatable bonds is 8. The van der Waals surface area contributed by atoms with Crippen LogP contribution in [0.15, 0.2) is 35.2 Å². The fourth-order valence-corrected chi connectivity index (χ4v) is 3.79. The number of nitrogens with one attached hydrogen (secondary N) is 3. The zero-order valence-electron chi connectivity index (χ0n) is 18.1. The zero-order chi connectivity index (χ0) is 25.0. The second kappa shape index (κ2) is 9.60. The number of sulfonamides is 1. The molecule has 0 radical (unpaired) electrons. The van der Waals surface area contributed by atoms with Gasteiger partial charge in [0.05, 0.1) is 11.5 Å². The number of benzene rings is 1. The lowest BCUT2D eigenvalue weighted by Crippen LogP contribution is -2.69. The van der Waals surface area contributed by atoms with Crippen LogP contribution in [-0.4, -0.2) is 48.7 Å². The fourth-order valence-electron chi connectivity index (χ4n) is 2.79. The van der Waals surface area contributed by atoms with Crippen LogP contribution in [0.5, 0.6) is 0 Å². The number of anilines is 2. The molecule has 0 saturated carbocycles. The van der Waals surface area contributed by atoms with Crippen LogP contribution >= 0.6 is 0 Å². The van der Waals surface area contributed by atoms with E-state index >= 15 is 0 Å².